The predicted octanol–water partition coefficient (Wildman–Crippen LogP) is -0.284. The lowest BCUT2D eigenvalue weighted by molar-refractivity contribution is -0.136. The van der Waals surface area contributed by atoms with Crippen LogP contribution in [0.2, 0.25) is 0 Å². The van der Waals surface area contributed by atoms with Gasteiger partial charge in [-0.15, -0.1) is 0 Å². The molecule has 1 aliphatic heterocycles. The van der Waals surface area contributed by atoms with E-state index in [2.05, 4.69) is 10.6 Å². The van der Waals surface area contributed by atoms with Crippen LogP contribution in [0.25, 0.3) is 0 Å². The van der Waals surface area contributed by atoms with Crippen LogP contribution in [-0.2, 0) is 4.79 Å². The molecule has 104 valence electrons. The maximum Gasteiger partial charge on any atom is 0.317 e. The van der Waals surface area contributed by atoms with Crippen molar-refractivity contribution in [1.82, 2.24) is 20.4 Å². The molecule has 0 spiro atoms. The van der Waals surface area contributed by atoms with Gasteiger partial charge in [0.05, 0.1) is 0 Å². The van der Waals surface area contributed by atoms with Crippen LogP contribution in [0.1, 0.15) is 13.8 Å². The highest BCUT2D eigenvalue weighted by molar-refractivity contribution is 5.79. The fourth-order valence-electron chi connectivity index (χ4n) is 2.10. The molecule has 0 saturated carbocycles. The number of urea groups is 1. The van der Waals surface area contributed by atoms with Gasteiger partial charge in [-0.05, 0) is 14.0 Å². The van der Waals surface area contributed by atoms with Crippen LogP contribution in [0.5, 0.6) is 0 Å². The lowest BCUT2D eigenvalue weighted by Gasteiger charge is -2.35. The zero-order valence-corrected chi connectivity index (χ0v) is 11.5. The second-order valence-corrected chi connectivity index (χ2v) is 4.61. The molecule has 0 bridgehead atoms. The molecule has 18 heavy (non-hydrogen) atoms. The lowest BCUT2D eigenvalue weighted by atomic mass is 10.1. The van der Waals surface area contributed by atoms with E-state index in [1.807, 2.05) is 25.8 Å². The molecule has 1 heterocycles. The average molecular weight is 256 g/mol. The van der Waals surface area contributed by atoms with E-state index in [9.17, 15) is 9.59 Å². The van der Waals surface area contributed by atoms with E-state index in [1.165, 1.54) is 0 Å². The third-order valence-corrected chi connectivity index (χ3v) is 3.14. The lowest BCUT2D eigenvalue weighted by Crippen LogP contribution is -2.54. The summed E-state index contributed by atoms with van der Waals surface area (Å²) in [4.78, 5) is 27.3. The number of nitrogens with one attached hydrogen (secondary N) is 2. The normalized spacial score (nSPS) is 17.5. The van der Waals surface area contributed by atoms with Crippen molar-refractivity contribution in [2.75, 3.05) is 46.3 Å². The number of nitrogens with zero attached hydrogens (tertiary/aromatic N) is 2. The zero-order chi connectivity index (χ0) is 13.5. The molecule has 0 aromatic heterocycles. The topological polar surface area (TPSA) is 64.7 Å². The van der Waals surface area contributed by atoms with Gasteiger partial charge in [-0.1, -0.05) is 6.92 Å². The van der Waals surface area contributed by atoms with Crippen LogP contribution in [0.3, 0.4) is 0 Å². The number of piperazine rings is 1. The molecule has 1 aliphatic rings. The smallest absolute Gasteiger partial charge is 0.317 e. The second kappa shape index (κ2) is 7.20. The van der Waals surface area contributed by atoms with E-state index in [4.69, 9.17) is 0 Å². The van der Waals surface area contributed by atoms with Crippen molar-refractivity contribution in [3.8, 4) is 0 Å². The first-order valence-electron chi connectivity index (χ1n) is 6.56. The predicted molar refractivity (Wildman–Crippen MR) is 70.3 cm³/mol. The maximum absolute atomic E-state index is 12.1. The molecule has 1 saturated heterocycles. The minimum atomic E-state index is -0.0344. The van der Waals surface area contributed by atoms with E-state index in [0.29, 0.717) is 39.3 Å². The summed E-state index contributed by atoms with van der Waals surface area (Å²) in [6.07, 6.45) is 0. The minimum Gasteiger partial charge on any atom is -0.339 e. The highest BCUT2D eigenvalue weighted by Gasteiger charge is 2.26. The molecular weight excluding hydrogens is 232 g/mol. The van der Waals surface area contributed by atoms with Gasteiger partial charge in [0.1, 0.15) is 0 Å². The average Bonchev–Trinajstić information content (AvgIpc) is 2.38. The molecule has 2 N–H and O–H groups in total. The first kappa shape index (κ1) is 14.8. The van der Waals surface area contributed by atoms with Crippen LogP contribution in [0.15, 0.2) is 0 Å². The molecule has 1 rings (SSSR count). The Balaban J connectivity index is 2.39. The third kappa shape index (κ3) is 3.87. The summed E-state index contributed by atoms with van der Waals surface area (Å²) >= 11 is 0. The standard InChI is InChI=1S/C12H24N4O2/c1-4-14-12(18)16-7-5-15(6-8-16)11(17)10(2)9-13-3/h10,13H,4-9H2,1-3H3,(H,14,18). The molecular formula is C12H24N4O2. The first-order valence-corrected chi connectivity index (χ1v) is 6.56. The van der Waals surface area contributed by atoms with Crippen molar-refractivity contribution < 1.29 is 9.59 Å². The molecule has 0 aromatic carbocycles. The summed E-state index contributed by atoms with van der Waals surface area (Å²) in [7, 11) is 1.84. The number of carbonyl (C=O) groups is 2. The first-order chi connectivity index (χ1) is 8.60. The number of carbonyl (C=O) groups excluding carboxylic acids is 2. The third-order valence-electron chi connectivity index (χ3n) is 3.14. The van der Waals surface area contributed by atoms with Crippen LogP contribution < -0.4 is 10.6 Å². The molecule has 0 aliphatic carbocycles. The quantitative estimate of drug-likeness (QED) is 0.727. The molecule has 0 aromatic rings. The molecule has 1 unspecified atom stereocenters. The van der Waals surface area contributed by atoms with Crippen molar-refractivity contribution in [2.45, 2.75) is 13.8 Å². The minimum absolute atomic E-state index is 0.00832. The van der Waals surface area contributed by atoms with E-state index in [1.54, 1.807) is 4.90 Å². The Labute approximate surface area is 109 Å². The Hall–Kier alpha value is -1.30. The van der Waals surface area contributed by atoms with E-state index < -0.39 is 0 Å². The largest absolute Gasteiger partial charge is 0.339 e. The van der Waals surface area contributed by atoms with Gasteiger partial charge in [0.25, 0.3) is 0 Å². The summed E-state index contributed by atoms with van der Waals surface area (Å²) in [6.45, 7) is 7.64. The molecule has 1 fully saturated rings. The van der Waals surface area contributed by atoms with Gasteiger partial charge in [0.2, 0.25) is 5.91 Å². The van der Waals surface area contributed by atoms with Gasteiger partial charge in [-0.25, -0.2) is 4.79 Å². The highest BCUT2D eigenvalue weighted by Crippen LogP contribution is 2.07. The summed E-state index contributed by atoms with van der Waals surface area (Å²) in [5.74, 6) is 0.158. The number of amides is 3. The Morgan fingerprint density at radius 2 is 1.72 bits per heavy atom. The van der Waals surface area contributed by atoms with E-state index in [-0.39, 0.29) is 17.9 Å². The van der Waals surface area contributed by atoms with Gasteiger partial charge in [0.15, 0.2) is 0 Å². The summed E-state index contributed by atoms with van der Waals surface area (Å²) < 4.78 is 0. The Bertz CT molecular complexity index is 288. The van der Waals surface area contributed by atoms with Crippen LogP contribution in [-0.4, -0.2) is 68.1 Å². The molecule has 0 radical (unpaired) electrons. The SMILES string of the molecule is CCNC(=O)N1CCN(C(=O)C(C)CNC)CC1. The van der Waals surface area contributed by atoms with Crippen molar-refractivity contribution in [3.05, 3.63) is 0 Å². The summed E-state index contributed by atoms with van der Waals surface area (Å²) in [5, 5.41) is 5.79. The van der Waals surface area contributed by atoms with Crippen LogP contribution in [0.4, 0.5) is 4.79 Å². The monoisotopic (exact) mass is 256 g/mol. The molecule has 6 heteroatoms. The van der Waals surface area contributed by atoms with E-state index >= 15 is 0 Å². The van der Waals surface area contributed by atoms with Gasteiger partial charge >= 0.3 is 6.03 Å². The number of hydrogen-bond acceptors (Lipinski definition) is 3. The number of hydrogen-bond donors (Lipinski definition) is 2. The van der Waals surface area contributed by atoms with E-state index in [0.717, 1.165) is 0 Å². The van der Waals surface area contributed by atoms with Crippen LogP contribution in [0, 0.1) is 5.92 Å². The van der Waals surface area contributed by atoms with Crippen molar-refractivity contribution in [3.63, 3.8) is 0 Å². The Morgan fingerprint density at radius 1 is 1.17 bits per heavy atom. The molecule has 6 nitrogen and oxygen atoms in total. The van der Waals surface area contributed by atoms with Crippen molar-refractivity contribution in [1.29, 1.82) is 0 Å². The maximum atomic E-state index is 12.1. The number of rotatable bonds is 4. The Morgan fingerprint density at radius 3 is 2.22 bits per heavy atom. The van der Waals surface area contributed by atoms with Crippen LogP contribution >= 0.6 is 0 Å². The van der Waals surface area contributed by atoms with Gasteiger partial charge in [-0.3, -0.25) is 4.79 Å². The summed E-state index contributed by atoms with van der Waals surface area (Å²) in [6, 6.07) is -0.0344. The second-order valence-electron chi connectivity index (χ2n) is 4.61. The molecule has 1 atom stereocenters. The molecule has 3 amide bonds. The zero-order valence-electron chi connectivity index (χ0n) is 11.5. The van der Waals surface area contributed by atoms with Gasteiger partial charge in [0, 0.05) is 45.2 Å². The van der Waals surface area contributed by atoms with Crippen molar-refractivity contribution >= 4 is 11.9 Å². The fraction of sp³-hybridized carbons (Fsp3) is 0.833. The Kier molecular flexibility index (Phi) is 5.91. The fourth-order valence-corrected chi connectivity index (χ4v) is 2.10. The van der Waals surface area contributed by atoms with Crippen molar-refractivity contribution in [2.24, 2.45) is 5.92 Å². The van der Waals surface area contributed by atoms with Gasteiger partial charge < -0.3 is 20.4 Å². The highest BCUT2D eigenvalue weighted by atomic mass is 16.2. The van der Waals surface area contributed by atoms with Gasteiger partial charge in [-0.2, -0.15) is 0 Å². The summed E-state index contributed by atoms with van der Waals surface area (Å²) in [5.41, 5.74) is 0.